The Balaban J connectivity index is 1.29. The highest BCUT2D eigenvalue weighted by Gasteiger charge is 2.29. The zero-order valence-corrected chi connectivity index (χ0v) is 15.7. The van der Waals surface area contributed by atoms with Crippen LogP contribution < -0.4 is 15.4 Å². The third kappa shape index (κ3) is 4.78. The second-order valence-electron chi connectivity index (χ2n) is 7.18. The molecule has 2 atom stereocenters. The first kappa shape index (κ1) is 18.3. The molecule has 0 aliphatic carbocycles. The second kappa shape index (κ2) is 8.72. The fraction of sp³-hybridized carbons (Fsp3) is 0.208. The van der Waals surface area contributed by atoms with E-state index in [1.54, 1.807) is 0 Å². The average molecular weight is 372 g/mol. The lowest BCUT2D eigenvalue weighted by molar-refractivity contribution is -0.117. The summed E-state index contributed by atoms with van der Waals surface area (Å²) in [5.74, 6) is 2.04. The Morgan fingerprint density at radius 3 is 2.25 bits per heavy atom. The summed E-state index contributed by atoms with van der Waals surface area (Å²) in [4.78, 5) is 12.6. The van der Waals surface area contributed by atoms with Gasteiger partial charge in [0.15, 0.2) is 0 Å². The number of carbonyl (C=O) groups excluding carboxylic acids is 1. The van der Waals surface area contributed by atoms with Crippen LogP contribution in [-0.2, 0) is 11.2 Å². The number of amides is 1. The lowest BCUT2D eigenvalue weighted by Gasteiger charge is -2.12. The van der Waals surface area contributed by atoms with Crippen LogP contribution in [0.3, 0.4) is 0 Å². The van der Waals surface area contributed by atoms with Crippen LogP contribution in [0.4, 0.5) is 5.69 Å². The molecule has 2 N–H and O–H groups in total. The fourth-order valence-electron chi connectivity index (χ4n) is 3.57. The summed E-state index contributed by atoms with van der Waals surface area (Å²) in [5, 5.41) is 6.36. The summed E-state index contributed by atoms with van der Waals surface area (Å²) in [6.07, 6.45) is 1.86. The van der Waals surface area contributed by atoms with Gasteiger partial charge in [-0.05, 0) is 67.3 Å². The third-order valence-electron chi connectivity index (χ3n) is 5.01. The number of ether oxygens (including phenoxy) is 1. The summed E-state index contributed by atoms with van der Waals surface area (Å²) in [7, 11) is 0. The van der Waals surface area contributed by atoms with Gasteiger partial charge in [0.25, 0.3) is 0 Å². The summed E-state index contributed by atoms with van der Waals surface area (Å²) < 4.78 is 5.78. The van der Waals surface area contributed by atoms with Gasteiger partial charge in [-0.3, -0.25) is 4.79 Å². The Labute approximate surface area is 165 Å². The zero-order valence-electron chi connectivity index (χ0n) is 15.7. The predicted molar refractivity (Wildman–Crippen MR) is 112 cm³/mol. The third-order valence-corrected chi connectivity index (χ3v) is 5.01. The first-order valence-corrected chi connectivity index (χ1v) is 9.67. The molecule has 1 heterocycles. The molecule has 0 saturated carbocycles. The molecule has 4 nitrogen and oxygen atoms in total. The first-order chi connectivity index (χ1) is 13.8. The SMILES string of the molecule is O=C(Nc1ccc(Oc2ccccc2)cc1)[C@@H]1C[C@@H](Cc2ccccc2)CN1. The Bertz CT molecular complexity index is 895. The maximum absolute atomic E-state index is 12.6. The zero-order chi connectivity index (χ0) is 19.2. The van der Waals surface area contributed by atoms with Crippen LogP contribution in [0.5, 0.6) is 11.5 Å². The van der Waals surface area contributed by atoms with Crippen molar-refractivity contribution in [3.8, 4) is 11.5 Å². The van der Waals surface area contributed by atoms with Gasteiger partial charge in [0, 0.05) is 5.69 Å². The molecular formula is C24H24N2O2. The maximum atomic E-state index is 12.6. The number of nitrogens with one attached hydrogen (secondary N) is 2. The van der Waals surface area contributed by atoms with E-state index in [1.807, 2.05) is 60.7 Å². The van der Waals surface area contributed by atoms with E-state index in [0.29, 0.717) is 5.92 Å². The highest BCUT2D eigenvalue weighted by atomic mass is 16.5. The molecule has 4 heteroatoms. The van der Waals surface area contributed by atoms with Gasteiger partial charge in [-0.15, -0.1) is 0 Å². The van der Waals surface area contributed by atoms with E-state index in [9.17, 15) is 4.79 Å². The Morgan fingerprint density at radius 1 is 0.893 bits per heavy atom. The Morgan fingerprint density at radius 2 is 1.54 bits per heavy atom. The smallest absolute Gasteiger partial charge is 0.241 e. The summed E-state index contributed by atoms with van der Waals surface area (Å²) >= 11 is 0. The average Bonchev–Trinajstić information content (AvgIpc) is 3.20. The largest absolute Gasteiger partial charge is 0.457 e. The molecule has 0 radical (unpaired) electrons. The number of anilines is 1. The topological polar surface area (TPSA) is 50.4 Å². The van der Waals surface area contributed by atoms with Crippen LogP contribution >= 0.6 is 0 Å². The van der Waals surface area contributed by atoms with Gasteiger partial charge in [0.2, 0.25) is 5.91 Å². The molecule has 4 rings (SSSR count). The summed E-state index contributed by atoms with van der Waals surface area (Å²) in [6, 6.07) is 27.4. The molecule has 0 spiro atoms. The van der Waals surface area contributed by atoms with Crippen molar-refractivity contribution < 1.29 is 9.53 Å². The Hall–Kier alpha value is -3.11. The highest BCUT2D eigenvalue weighted by Crippen LogP contribution is 2.24. The van der Waals surface area contributed by atoms with Crippen LogP contribution in [0.25, 0.3) is 0 Å². The van der Waals surface area contributed by atoms with E-state index < -0.39 is 0 Å². The molecule has 0 unspecified atom stereocenters. The minimum Gasteiger partial charge on any atom is -0.457 e. The molecule has 1 aliphatic rings. The van der Waals surface area contributed by atoms with Gasteiger partial charge in [-0.25, -0.2) is 0 Å². The van der Waals surface area contributed by atoms with Gasteiger partial charge >= 0.3 is 0 Å². The van der Waals surface area contributed by atoms with Crippen molar-refractivity contribution in [3.05, 3.63) is 90.5 Å². The van der Waals surface area contributed by atoms with Gasteiger partial charge in [-0.2, -0.15) is 0 Å². The second-order valence-corrected chi connectivity index (χ2v) is 7.18. The van der Waals surface area contributed by atoms with Crippen molar-refractivity contribution in [3.63, 3.8) is 0 Å². The number of rotatable bonds is 6. The van der Waals surface area contributed by atoms with Gasteiger partial charge < -0.3 is 15.4 Å². The van der Waals surface area contributed by atoms with Crippen molar-refractivity contribution in [1.29, 1.82) is 0 Å². The number of benzene rings is 3. The standard InChI is InChI=1S/C24H24N2O2/c27-24(23-16-19(17-25-23)15-18-7-3-1-4-8-18)26-20-11-13-22(14-12-20)28-21-9-5-2-6-10-21/h1-14,19,23,25H,15-17H2,(H,26,27)/t19-,23+/m1/s1. The van der Waals surface area contributed by atoms with Gasteiger partial charge in [-0.1, -0.05) is 48.5 Å². The van der Waals surface area contributed by atoms with Gasteiger partial charge in [0.05, 0.1) is 6.04 Å². The van der Waals surface area contributed by atoms with E-state index in [-0.39, 0.29) is 11.9 Å². The van der Waals surface area contributed by atoms with Crippen molar-refractivity contribution in [1.82, 2.24) is 5.32 Å². The predicted octanol–water partition coefficient (Wildman–Crippen LogP) is 4.64. The molecule has 0 bridgehead atoms. The minimum absolute atomic E-state index is 0.0206. The van der Waals surface area contributed by atoms with Crippen LogP contribution in [0, 0.1) is 5.92 Å². The van der Waals surface area contributed by atoms with E-state index in [4.69, 9.17) is 4.74 Å². The first-order valence-electron chi connectivity index (χ1n) is 9.67. The molecule has 3 aromatic rings. The normalized spacial score (nSPS) is 18.6. The molecule has 1 fully saturated rings. The quantitative estimate of drug-likeness (QED) is 0.663. The van der Waals surface area contributed by atoms with Crippen molar-refractivity contribution in [2.75, 3.05) is 11.9 Å². The maximum Gasteiger partial charge on any atom is 0.241 e. The molecule has 142 valence electrons. The van der Waals surface area contributed by atoms with E-state index in [0.717, 1.165) is 36.6 Å². The van der Waals surface area contributed by atoms with E-state index in [1.165, 1.54) is 5.56 Å². The van der Waals surface area contributed by atoms with Crippen LogP contribution in [0.2, 0.25) is 0 Å². The number of para-hydroxylation sites is 1. The lowest BCUT2D eigenvalue weighted by Crippen LogP contribution is -2.35. The highest BCUT2D eigenvalue weighted by molar-refractivity contribution is 5.95. The summed E-state index contributed by atoms with van der Waals surface area (Å²) in [5.41, 5.74) is 2.10. The molecule has 1 aliphatic heterocycles. The number of hydrogen-bond donors (Lipinski definition) is 2. The van der Waals surface area contributed by atoms with Crippen molar-refractivity contribution >= 4 is 11.6 Å². The number of hydrogen-bond acceptors (Lipinski definition) is 3. The van der Waals surface area contributed by atoms with Crippen molar-refractivity contribution in [2.24, 2.45) is 5.92 Å². The van der Waals surface area contributed by atoms with Crippen LogP contribution in [-0.4, -0.2) is 18.5 Å². The minimum atomic E-state index is -0.144. The number of carbonyl (C=O) groups is 1. The van der Waals surface area contributed by atoms with Gasteiger partial charge in [0.1, 0.15) is 11.5 Å². The van der Waals surface area contributed by atoms with Crippen LogP contribution in [0.15, 0.2) is 84.9 Å². The van der Waals surface area contributed by atoms with E-state index in [2.05, 4.69) is 34.9 Å². The molecule has 3 aromatic carbocycles. The molecular weight excluding hydrogens is 348 g/mol. The van der Waals surface area contributed by atoms with E-state index >= 15 is 0 Å². The molecule has 28 heavy (non-hydrogen) atoms. The van der Waals surface area contributed by atoms with Crippen LogP contribution in [0.1, 0.15) is 12.0 Å². The fourth-order valence-corrected chi connectivity index (χ4v) is 3.57. The monoisotopic (exact) mass is 372 g/mol. The molecule has 1 saturated heterocycles. The Kier molecular flexibility index (Phi) is 5.69. The van der Waals surface area contributed by atoms with Crippen molar-refractivity contribution in [2.45, 2.75) is 18.9 Å². The molecule has 1 amide bonds. The molecule has 0 aromatic heterocycles. The summed E-state index contributed by atoms with van der Waals surface area (Å²) in [6.45, 7) is 0.872. The lowest BCUT2D eigenvalue weighted by atomic mass is 9.96.